The summed E-state index contributed by atoms with van der Waals surface area (Å²) in [4.78, 5) is 59.6. The number of allylic oxidation sites excluding steroid dienone is 2. The summed E-state index contributed by atoms with van der Waals surface area (Å²) in [6.07, 6.45) is 8.93. The summed E-state index contributed by atoms with van der Waals surface area (Å²) < 4.78 is 11.2. The molecule has 0 radical (unpaired) electrons. The highest BCUT2D eigenvalue weighted by Gasteiger charge is 2.42. The summed E-state index contributed by atoms with van der Waals surface area (Å²) in [7, 11) is -1.98. The lowest BCUT2D eigenvalue weighted by atomic mass is 9.96. The first kappa shape index (κ1) is 44.0. The van der Waals surface area contributed by atoms with Gasteiger partial charge in [0.25, 0.3) is 23.6 Å². The zero-order chi connectivity index (χ0) is 49.2. The zero-order valence-electron chi connectivity index (χ0n) is 39.3. The molecule has 4 aliphatic rings. The molecule has 5 N–H and O–H groups in total. The van der Waals surface area contributed by atoms with Crippen molar-refractivity contribution in [1.82, 2.24) is 29.7 Å². The van der Waals surface area contributed by atoms with Crippen LogP contribution in [-0.2, 0) is 4.43 Å². The van der Waals surface area contributed by atoms with Crippen LogP contribution in [0.5, 0.6) is 0 Å². The quantitative estimate of drug-likeness (QED) is 0.0669. The first-order valence-electron chi connectivity index (χ1n) is 23.8. The minimum absolute atomic E-state index is 0.0000781. The Kier molecular flexibility index (Phi) is 9.45. The molecule has 0 saturated heterocycles. The number of aromatic amines is 2. The molecule has 6 heterocycles. The van der Waals surface area contributed by atoms with Gasteiger partial charge in [0, 0.05) is 77.0 Å². The monoisotopic (exact) mass is 996 g/mol. The van der Waals surface area contributed by atoms with E-state index >= 15 is 0 Å². The van der Waals surface area contributed by atoms with E-state index in [4.69, 9.17) is 27.6 Å². The predicted octanol–water partition coefficient (Wildman–Crippen LogP) is 12.7. The molecule has 14 rings (SSSR count). The molecule has 2 aliphatic carbocycles. The number of aliphatic hydroxyl groups is 1. The maximum absolute atomic E-state index is 13.3. The molecule has 6 aromatic carbocycles. The first-order valence-corrected chi connectivity index (χ1v) is 27.5. The van der Waals surface area contributed by atoms with E-state index < -0.39 is 20.3 Å². The minimum atomic E-state index is -1.98. The highest BCUT2D eigenvalue weighted by molar-refractivity contribution is 6.74. The Morgan fingerprint density at radius 2 is 1.01 bits per heavy atom. The standard InChI is InChI=1S/C31H30ClN3O3Si.C25H16ClN3O3/c1-31(2,3)39(4,5)38-18-12-11-17(15-18)35-22-14-16(32)10-13-20(22)24-26-25(29(36)34-30(26)37)23-19-8-6-7-9-21(19)33-27(23)28(24)35;26-11-5-8-15-17(9-11)29(12-6-7-13(30)10-12)23-19(15)21-20(24(31)28-25(21)32)18-14-3-1-2-4-16(14)27-22(18)23/h6-14,17-18,33H,15H2,1-5H3,(H,34,36,37);1-9,12-13,27,30H,10H2,(H,28,31,32)/t17?,18-;12?,13-/m00/s1. The smallest absolute Gasteiger partial charge is 0.259 e. The fourth-order valence-electron chi connectivity index (χ4n) is 11.6. The summed E-state index contributed by atoms with van der Waals surface area (Å²) in [6, 6.07) is 26.9. The third-order valence-corrected chi connectivity index (χ3v) is 20.6. The average molecular weight is 998 g/mol. The lowest BCUT2D eigenvalue weighted by Crippen LogP contribution is -2.43. The van der Waals surface area contributed by atoms with E-state index in [0.717, 1.165) is 93.6 Å². The lowest BCUT2D eigenvalue weighted by molar-refractivity contribution is 0.0864. The molecule has 2 unspecified atom stereocenters. The summed E-state index contributed by atoms with van der Waals surface area (Å²) in [5, 5.41) is 23.2. The van der Waals surface area contributed by atoms with Crippen LogP contribution < -0.4 is 10.6 Å². The molecule has 0 spiro atoms. The first-order chi connectivity index (χ1) is 34.0. The number of carbonyl (C=O) groups excluding carboxylic acids is 4. The molecule has 0 bridgehead atoms. The second-order valence-electron chi connectivity index (χ2n) is 20.8. The Labute approximate surface area is 416 Å². The van der Waals surface area contributed by atoms with Crippen molar-refractivity contribution < 1.29 is 28.7 Å². The van der Waals surface area contributed by atoms with E-state index in [0.29, 0.717) is 38.7 Å². The number of nitrogens with zero attached hydrogens (tertiary/aromatic N) is 2. The number of imide groups is 2. The number of H-pyrrole nitrogens is 2. The highest BCUT2D eigenvalue weighted by Crippen LogP contribution is 2.49. The molecule has 2 aliphatic heterocycles. The molecule has 4 aromatic heterocycles. The topological polar surface area (TPSA) is 163 Å². The second kappa shape index (κ2) is 15.3. The van der Waals surface area contributed by atoms with Crippen LogP contribution in [0, 0.1) is 0 Å². The van der Waals surface area contributed by atoms with Crippen molar-refractivity contribution in [3.05, 3.63) is 142 Å². The fourth-order valence-corrected chi connectivity index (χ4v) is 13.2. The van der Waals surface area contributed by atoms with Gasteiger partial charge in [-0.3, -0.25) is 29.8 Å². The van der Waals surface area contributed by atoms with Gasteiger partial charge in [-0.15, -0.1) is 0 Å². The third kappa shape index (κ3) is 6.29. The van der Waals surface area contributed by atoms with Crippen LogP contribution in [0.1, 0.15) is 87.1 Å². The molecule has 0 saturated carbocycles. The van der Waals surface area contributed by atoms with Gasteiger partial charge in [-0.25, -0.2) is 0 Å². The van der Waals surface area contributed by atoms with Gasteiger partial charge in [0.1, 0.15) is 0 Å². The van der Waals surface area contributed by atoms with Crippen molar-refractivity contribution in [2.45, 2.75) is 76.0 Å². The van der Waals surface area contributed by atoms with E-state index in [1.54, 1.807) is 12.1 Å². The van der Waals surface area contributed by atoms with Crippen molar-refractivity contribution in [3.63, 3.8) is 0 Å². The van der Waals surface area contributed by atoms with Crippen LogP contribution in [0.4, 0.5) is 0 Å². The van der Waals surface area contributed by atoms with Crippen LogP contribution >= 0.6 is 23.2 Å². The van der Waals surface area contributed by atoms with Gasteiger partial charge in [-0.1, -0.05) is 117 Å². The van der Waals surface area contributed by atoms with Crippen molar-refractivity contribution >= 4 is 142 Å². The number of hydrogen-bond acceptors (Lipinski definition) is 6. The van der Waals surface area contributed by atoms with Crippen LogP contribution in [0.15, 0.2) is 109 Å². The molecule has 15 heteroatoms. The number of hydrogen-bond donors (Lipinski definition) is 5. The van der Waals surface area contributed by atoms with Crippen LogP contribution in [0.3, 0.4) is 0 Å². The van der Waals surface area contributed by atoms with E-state index in [1.165, 1.54) is 0 Å². The number of aromatic nitrogens is 4. The number of rotatable bonds is 4. The number of para-hydroxylation sites is 2. The Hall–Kier alpha value is -7.00. The third-order valence-electron chi connectivity index (χ3n) is 15.7. The molecule has 12 nitrogen and oxygen atoms in total. The highest BCUT2D eigenvalue weighted by atomic mass is 35.5. The van der Waals surface area contributed by atoms with Gasteiger partial charge in [-0.2, -0.15) is 0 Å². The van der Waals surface area contributed by atoms with E-state index in [2.05, 4.69) is 75.8 Å². The largest absolute Gasteiger partial charge is 0.410 e. The molecular weight excluding hydrogens is 952 g/mol. The number of aliphatic hydroxyl groups excluding tert-OH is 1. The summed E-state index contributed by atoms with van der Waals surface area (Å²) in [5.74, 6) is -1.49. The number of amides is 4. The van der Waals surface area contributed by atoms with Gasteiger partial charge >= 0.3 is 0 Å². The van der Waals surface area contributed by atoms with E-state index in [-0.39, 0.29) is 40.9 Å². The van der Waals surface area contributed by atoms with E-state index in [9.17, 15) is 24.3 Å². The maximum Gasteiger partial charge on any atom is 0.259 e. The van der Waals surface area contributed by atoms with Crippen molar-refractivity contribution in [2.24, 2.45) is 0 Å². The summed E-state index contributed by atoms with van der Waals surface area (Å²) >= 11 is 12.9. The molecular formula is C56H46Cl2N6O6Si. The molecule has 4 atom stereocenters. The maximum atomic E-state index is 13.3. The van der Waals surface area contributed by atoms with Crippen LogP contribution in [-0.4, -0.2) is 68.4 Å². The predicted molar refractivity (Wildman–Crippen MR) is 285 cm³/mol. The van der Waals surface area contributed by atoms with Crippen LogP contribution in [0.2, 0.25) is 28.2 Å². The Morgan fingerprint density at radius 1 is 0.577 bits per heavy atom. The van der Waals surface area contributed by atoms with Gasteiger partial charge in [0.2, 0.25) is 0 Å². The Bertz CT molecular complexity index is 4170. The number of carbonyl (C=O) groups is 4. The average Bonchev–Trinajstić information content (AvgIpc) is 4.21. The fraction of sp³-hybridized carbons (Fsp3) is 0.214. The molecule has 0 fully saturated rings. The lowest BCUT2D eigenvalue weighted by Gasteiger charge is -2.38. The number of fused-ring (bicyclic) bond motifs is 20. The van der Waals surface area contributed by atoms with Crippen molar-refractivity contribution in [2.75, 3.05) is 0 Å². The van der Waals surface area contributed by atoms with Gasteiger partial charge in [-0.05, 0) is 54.5 Å². The molecule has 10 aromatic rings. The van der Waals surface area contributed by atoms with Crippen LogP contribution in [0.25, 0.3) is 87.2 Å². The zero-order valence-corrected chi connectivity index (χ0v) is 41.8. The number of benzene rings is 6. The molecule has 354 valence electrons. The summed E-state index contributed by atoms with van der Waals surface area (Å²) in [5.41, 5.74) is 8.68. The summed E-state index contributed by atoms with van der Waals surface area (Å²) in [6.45, 7) is 11.3. The van der Waals surface area contributed by atoms with Crippen molar-refractivity contribution in [1.29, 1.82) is 0 Å². The van der Waals surface area contributed by atoms with Gasteiger partial charge < -0.3 is 28.6 Å². The Balaban J connectivity index is 0.000000141. The van der Waals surface area contributed by atoms with Gasteiger partial charge in [0.05, 0.1) is 79.6 Å². The number of nitrogens with one attached hydrogen (secondary N) is 4. The second-order valence-corrected chi connectivity index (χ2v) is 26.4. The van der Waals surface area contributed by atoms with Gasteiger partial charge in [0.15, 0.2) is 8.32 Å². The molecule has 71 heavy (non-hydrogen) atoms. The Morgan fingerprint density at radius 3 is 1.46 bits per heavy atom. The van der Waals surface area contributed by atoms with Crippen molar-refractivity contribution in [3.8, 4) is 0 Å². The minimum Gasteiger partial charge on any atom is -0.410 e. The number of halogens is 2. The molecule has 4 amide bonds. The normalized spacial score (nSPS) is 20.0. The van der Waals surface area contributed by atoms with E-state index in [1.807, 2.05) is 84.9 Å². The SMILES string of the molecule is CC(C)(C)[Si](C)(C)O[C@H]1C=CC(n2c3cc(Cl)ccc3c3c4c(c5c6ccccc6[nH]c5c32)C(=O)NC4=O)C1.O=C1NC(=O)c2c1c1c3ccccc3[nH]c1c1c2c2ccc(Cl)cc2n1C1C=C[C@H](O)C1.